The van der Waals surface area contributed by atoms with Gasteiger partial charge >= 0.3 is 0 Å². The summed E-state index contributed by atoms with van der Waals surface area (Å²) in [6.45, 7) is 8.07. The maximum absolute atomic E-state index is 5.94. The molecule has 3 rings (SSSR count). The van der Waals surface area contributed by atoms with Crippen LogP contribution in [0.4, 0.5) is 5.82 Å². The van der Waals surface area contributed by atoms with Crippen molar-refractivity contribution in [2.45, 2.75) is 38.9 Å². The molecule has 5 N–H and O–H groups in total. The number of nitrogen functional groups attached to an aromatic ring is 1. The number of hydrogen-bond acceptors (Lipinski definition) is 5. The highest BCUT2D eigenvalue weighted by Crippen LogP contribution is 2.17. The van der Waals surface area contributed by atoms with Gasteiger partial charge in [-0.3, -0.25) is 0 Å². The lowest BCUT2D eigenvalue weighted by atomic mass is 9.96. The number of benzene rings is 1. The molecule has 10 heteroatoms. The van der Waals surface area contributed by atoms with Crippen LogP contribution in [0.1, 0.15) is 23.7 Å². The summed E-state index contributed by atoms with van der Waals surface area (Å²) in [4.78, 5) is 4.50. The maximum Gasteiger partial charge on any atom is 0.123 e. The van der Waals surface area contributed by atoms with E-state index in [2.05, 4.69) is 53.0 Å². The fraction of sp³-hybridized carbons (Fsp3) is 0.476. The first-order valence-corrected chi connectivity index (χ1v) is 10.0. The summed E-state index contributed by atoms with van der Waals surface area (Å²) in [5.41, 5.74) is 9.40. The highest BCUT2D eigenvalue weighted by molar-refractivity contribution is 6.30. The molecule has 0 bridgehead atoms. The molecule has 0 amide bonds. The number of nitrogens with zero attached hydrogens (tertiary/aromatic N) is 1. The first-order chi connectivity index (χ1) is 13.0. The van der Waals surface area contributed by atoms with Crippen molar-refractivity contribution < 1.29 is 0 Å². The SMILES string of the molecule is Cc1cc(N)nc(CC2CNCC2NC[C@H](C)NCc2ccc(Cl)cc2)c1.Cl.Cl.Cl.Cl. The van der Waals surface area contributed by atoms with Crippen LogP contribution in [0.15, 0.2) is 36.4 Å². The van der Waals surface area contributed by atoms with Gasteiger partial charge in [-0.05, 0) is 68.1 Å². The quantitative estimate of drug-likeness (QED) is 0.409. The lowest BCUT2D eigenvalue weighted by Crippen LogP contribution is -2.44. The van der Waals surface area contributed by atoms with Gasteiger partial charge in [-0.25, -0.2) is 4.98 Å². The normalized spacial score (nSPS) is 18.0. The number of pyridine rings is 1. The van der Waals surface area contributed by atoms with E-state index in [0.29, 0.717) is 23.8 Å². The summed E-state index contributed by atoms with van der Waals surface area (Å²) in [7, 11) is 0. The number of halogens is 5. The lowest BCUT2D eigenvalue weighted by molar-refractivity contribution is 0.393. The van der Waals surface area contributed by atoms with Crippen molar-refractivity contribution >= 4 is 67.0 Å². The molecule has 1 aromatic heterocycles. The minimum atomic E-state index is 0. The fourth-order valence-corrected chi connectivity index (χ4v) is 3.75. The summed E-state index contributed by atoms with van der Waals surface area (Å²) in [6.07, 6.45) is 0.948. The molecular formula is C21H34Cl5N5. The Morgan fingerprint density at radius 2 is 1.81 bits per heavy atom. The zero-order valence-corrected chi connectivity index (χ0v) is 21.8. The molecule has 1 saturated heterocycles. The van der Waals surface area contributed by atoms with Crippen molar-refractivity contribution in [3.8, 4) is 0 Å². The predicted octanol–water partition coefficient (Wildman–Crippen LogP) is 4.21. The second kappa shape index (κ2) is 16.2. The zero-order valence-electron chi connectivity index (χ0n) is 17.8. The number of anilines is 1. The van der Waals surface area contributed by atoms with Gasteiger partial charge in [0.25, 0.3) is 0 Å². The van der Waals surface area contributed by atoms with Crippen molar-refractivity contribution in [1.29, 1.82) is 0 Å². The topological polar surface area (TPSA) is 75.0 Å². The molecule has 5 nitrogen and oxygen atoms in total. The average Bonchev–Trinajstić information content (AvgIpc) is 3.05. The third-order valence-electron chi connectivity index (χ3n) is 5.11. The second-order valence-corrected chi connectivity index (χ2v) is 8.04. The molecule has 178 valence electrons. The summed E-state index contributed by atoms with van der Waals surface area (Å²) in [5.74, 6) is 1.14. The number of rotatable bonds is 8. The van der Waals surface area contributed by atoms with Crippen LogP contribution in [0.2, 0.25) is 5.02 Å². The Morgan fingerprint density at radius 3 is 2.45 bits per heavy atom. The number of aryl methyl sites for hydroxylation is 1. The van der Waals surface area contributed by atoms with Crippen LogP contribution in [0, 0.1) is 12.8 Å². The van der Waals surface area contributed by atoms with Crippen molar-refractivity contribution in [2.75, 3.05) is 25.4 Å². The highest BCUT2D eigenvalue weighted by Gasteiger charge is 2.27. The van der Waals surface area contributed by atoms with Gasteiger partial charge in [0.2, 0.25) is 0 Å². The predicted molar refractivity (Wildman–Crippen MR) is 142 cm³/mol. The summed E-state index contributed by atoms with van der Waals surface area (Å²) < 4.78 is 0. The molecular weight excluding hydrogens is 500 g/mol. The van der Waals surface area contributed by atoms with Crippen LogP contribution >= 0.6 is 61.2 Å². The Kier molecular flexibility index (Phi) is 17.0. The van der Waals surface area contributed by atoms with E-state index in [4.69, 9.17) is 17.3 Å². The Balaban J connectivity index is 0. The van der Waals surface area contributed by atoms with Crippen LogP contribution in [-0.2, 0) is 13.0 Å². The molecule has 3 atom stereocenters. The minimum absolute atomic E-state index is 0. The summed E-state index contributed by atoms with van der Waals surface area (Å²) >= 11 is 5.94. The van der Waals surface area contributed by atoms with Crippen molar-refractivity contribution in [3.63, 3.8) is 0 Å². The third-order valence-corrected chi connectivity index (χ3v) is 5.36. The molecule has 0 radical (unpaired) electrons. The molecule has 1 aliphatic heterocycles. The monoisotopic (exact) mass is 531 g/mol. The van der Waals surface area contributed by atoms with E-state index >= 15 is 0 Å². The zero-order chi connectivity index (χ0) is 19.2. The first-order valence-electron chi connectivity index (χ1n) is 9.64. The Hall–Kier alpha value is -0.500. The average molecular weight is 534 g/mol. The molecule has 1 aliphatic rings. The van der Waals surface area contributed by atoms with Crippen molar-refractivity contribution in [3.05, 3.63) is 58.2 Å². The number of aromatic nitrogens is 1. The van der Waals surface area contributed by atoms with Crippen LogP contribution in [-0.4, -0.2) is 36.7 Å². The third kappa shape index (κ3) is 10.8. The van der Waals surface area contributed by atoms with Crippen LogP contribution in [0.5, 0.6) is 0 Å². The lowest BCUT2D eigenvalue weighted by Gasteiger charge is -2.23. The van der Waals surface area contributed by atoms with Gasteiger partial charge in [-0.2, -0.15) is 0 Å². The molecule has 1 fully saturated rings. The summed E-state index contributed by atoms with van der Waals surface area (Å²) in [6, 6.07) is 12.9. The molecule has 1 aromatic carbocycles. The molecule has 0 spiro atoms. The van der Waals surface area contributed by atoms with Gasteiger partial charge in [0.05, 0.1) is 0 Å². The van der Waals surface area contributed by atoms with E-state index in [-0.39, 0.29) is 49.6 Å². The van der Waals surface area contributed by atoms with E-state index in [1.807, 2.05) is 18.2 Å². The molecule has 2 aromatic rings. The van der Waals surface area contributed by atoms with Crippen LogP contribution < -0.4 is 21.7 Å². The van der Waals surface area contributed by atoms with Gasteiger partial charge in [0.1, 0.15) is 5.82 Å². The Morgan fingerprint density at radius 1 is 1.13 bits per heavy atom. The van der Waals surface area contributed by atoms with E-state index in [0.717, 1.165) is 43.3 Å². The summed E-state index contributed by atoms with van der Waals surface area (Å²) in [5, 5.41) is 11.6. The van der Waals surface area contributed by atoms with Crippen LogP contribution in [0.3, 0.4) is 0 Å². The van der Waals surface area contributed by atoms with Gasteiger partial charge in [0, 0.05) is 42.4 Å². The highest BCUT2D eigenvalue weighted by atomic mass is 35.5. The Labute approximate surface area is 215 Å². The van der Waals surface area contributed by atoms with Crippen molar-refractivity contribution in [2.24, 2.45) is 5.92 Å². The molecule has 2 unspecified atom stereocenters. The molecule has 0 saturated carbocycles. The van der Waals surface area contributed by atoms with Gasteiger partial charge in [0.15, 0.2) is 0 Å². The van der Waals surface area contributed by atoms with Crippen molar-refractivity contribution in [1.82, 2.24) is 20.9 Å². The van der Waals surface area contributed by atoms with Gasteiger partial charge in [-0.15, -0.1) is 49.6 Å². The standard InChI is InChI=1S/C21H30ClN5.4ClH/c1-14-7-19(27-21(23)8-14)9-17-12-24-13-20(17)26-10-15(2)25-11-16-3-5-18(22)6-4-16;;;;/h3-8,15,17,20,24-26H,9-13H2,1-2H3,(H2,23,27);4*1H/t15-,17?,20?;;;;/m0..../s1. The first kappa shape index (κ1) is 32.7. The largest absolute Gasteiger partial charge is 0.384 e. The number of hydrogen-bond donors (Lipinski definition) is 4. The van der Waals surface area contributed by atoms with Crippen LogP contribution in [0.25, 0.3) is 0 Å². The molecule has 2 heterocycles. The molecule has 31 heavy (non-hydrogen) atoms. The number of nitrogens with one attached hydrogen (secondary N) is 3. The van der Waals surface area contributed by atoms with Gasteiger partial charge < -0.3 is 21.7 Å². The van der Waals surface area contributed by atoms with E-state index < -0.39 is 0 Å². The van der Waals surface area contributed by atoms with E-state index in [1.165, 1.54) is 11.1 Å². The smallest absolute Gasteiger partial charge is 0.123 e. The fourth-order valence-electron chi connectivity index (χ4n) is 3.62. The van der Waals surface area contributed by atoms with E-state index in [1.54, 1.807) is 0 Å². The van der Waals surface area contributed by atoms with E-state index in [9.17, 15) is 0 Å². The maximum atomic E-state index is 5.94. The van der Waals surface area contributed by atoms with Gasteiger partial charge in [-0.1, -0.05) is 23.7 Å². The Bertz CT molecular complexity index is 727. The number of nitrogens with two attached hydrogens (primary N) is 1. The molecule has 0 aliphatic carbocycles. The second-order valence-electron chi connectivity index (χ2n) is 7.61. The minimum Gasteiger partial charge on any atom is -0.384 e.